The predicted molar refractivity (Wildman–Crippen MR) is 78.3 cm³/mol. The molecule has 2 aliphatic rings. The Morgan fingerprint density at radius 1 is 1.26 bits per heavy atom. The van der Waals surface area contributed by atoms with Crippen molar-refractivity contribution >= 4 is 16.4 Å². The SMILES string of the molecule is CC(C)(C)OC(=O)N1[C@@H](c2ccc3c(c2)OCO3)COS1(=O)=O. The quantitative estimate of drug-likeness (QED) is 0.770. The number of hydrogen-bond donors (Lipinski definition) is 0. The second kappa shape index (κ2) is 5.27. The van der Waals surface area contributed by atoms with Crippen LogP contribution in [0.25, 0.3) is 0 Å². The molecule has 0 aliphatic carbocycles. The van der Waals surface area contributed by atoms with Crippen LogP contribution in [0.3, 0.4) is 0 Å². The summed E-state index contributed by atoms with van der Waals surface area (Å²) in [5.41, 5.74) is -0.268. The van der Waals surface area contributed by atoms with Gasteiger partial charge in [0.15, 0.2) is 11.5 Å². The van der Waals surface area contributed by atoms with Gasteiger partial charge in [0.2, 0.25) is 6.79 Å². The number of amides is 1. The fourth-order valence-corrected chi connectivity index (χ4v) is 3.44. The van der Waals surface area contributed by atoms with Crippen LogP contribution in [0.4, 0.5) is 4.79 Å². The minimum Gasteiger partial charge on any atom is -0.454 e. The van der Waals surface area contributed by atoms with E-state index in [9.17, 15) is 13.2 Å². The van der Waals surface area contributed by atoms with Crippen LogP contribution in [0.2, 0.25) is 0 Å². The molecular formula is C14H17NO7S. The maximum absolute atomic E-state index is 12.3. The van der Waals surface area contributed by atoms with Gasteiger partial charge in [-0.15, -0.1) is 0 Å². The largest absolute Gasteiger partial charge is 0.454 e. The predicted octanol–water partition coefficient (Wildman–Crippen LogP) is 1.97. The van der Waals surface area contributed by atoms with Gasteiger partial charge in [-0.25, -0.2) is 4.79 Å². The monoisotopic (exact) mass is 343 g/mol. The van der Waals surface area contributed by atoms with Gasteiger partial charge in [-0.1, -0.05) is 6.07 Å². The second-order valence-corrected chi connectivity index (χ2v) is 7.63. The normalized spacial score (nSPS) is 22.2. The number of rotatable bonds is 1. The van der Waals surface area contributed by atoms with Crippen LogP contribution in [0.1, 0.15) is 32.4 Å². The van der Waals surface area contributed by atoms with E-state index in [1.54, 1.807) is 39.0 Å². The first-order chi connectivity index (χ1) is 10.7. The van der Waals surface area contributed by atoms with E-state index in [-0.39, 0.29) is 13.4 Å². The summed E-state index contributed by atoms with van der Waals surface area (Å²) < 4.78 is 45.2. The van der Waals surface area contributed by atoms with Gasteiger partial charge >= 0.3 is 16.4 Å². The molecule has 1 aromatic rings. The molecule has 2 aliphatic heterocycles. The van der Waals surface area contributed by atoms with Gasteiger partial charge in [0, 0.05) is 0 Å². The van der Waals surface area contributed by atoms with Gasteiger partial charge in [0.25, 0.3) is 0 Å². The Morgan fingerprint density at radius 3 is 2.65 bits per heavy atom. The summed E-state index contributed by atoms with van der Waals surface area (Å²) >= 11 is 0. The Kier molecular flexibility index (Phi) is 3.64. The van der Waals surface area contributed by atoms with Crippen molar-refractivity contribution in [3.05, 3.63) is 23.8 Å². The average Bonchev–Trinajstić information content (AvgIpc) is 2.99. The second-order valence-electron chi connectivity index (χ2n) is 6.15. The third-order valence-corrected chi connectivity index (χ3v) is 4.57. The number of carbonyl (C=O) groups excluding carboxylic acids is 1. The van der Waals surface area contributed by atoms with Gasteiger partial charge < -0.3 is 14.2 Å². The topological polar surface area (TPSA) is 91.4 Å². The Bertz CT molecular complexity index is 738. The number of benzene rings is 1. The Labute approximate surface area is 134 Å². The summed E-state index contributed by atoms with van der Waals surface area (Å²) in [4.78, 5) is 12.3. The summed E-state index contributed by atoms with van der Waals surface area (Å²) in [6.45, 7) is 4.90. The molecule has 1 amide bonds. The fourth-order valence-electron chi connectivity index (χ4n) is 2.31. The molecule has 0 radical (unpaired) electrons. The molecule has 0 spiro atoms. The molecular weight excluding hydrogens is 326 g/mol. The van der Waals surface area contributed by atoms with Crippen molar-refractivity contribution in [2.75, 3.05) is 13.4 Å². The van der Waals surface area contributed by atoms with Crippen LogP contribution < -0.4 is 9.47 Å². The van der Waals surface area contributed by atoms with Crippen molar-refractivity contribution in [1.29, 1.82) is 0 Å². The lowest BCUT2D eigenvalue weighted by atomic mass is 10.1. The Balaban J connectivity index is 1.93. The lowest BCUT2D eigenvalue weighted by molar-refractivity contribution is 0.0356. The number of nitrogens with zero attached hydrogens (tertiary/aromatic N) is 1. The van der Waals surface area contributed by atoms with Gasteiger partial charge in [-0.3, -0.25) is 4.18 Å². The highest BCUT2D eigenvalue weighted by Gasteiger charge is 2.45. The van der Waals surface area contributed by atoms with Crippen molar-refractivity contribution in [1.82, 2.24) is 4.31 Å². The number of carbonyl (C=O) groups is 1. The number of fused-ring (bicyclic) bond motifs is 1. The molecule has 0 saturated carbocycles. The Morgan fingerprint density at radius 2 is 1.96 bits per heavy atom. The smallest absolute Gasteiger partial charge is 0.426 e. The van der Waals surface area contributed by atoms with E-state index in [0.29, 0.717) is 21.4 Å². The lowest BCUT2D eigenvalue weighted by Crippen LogP contribution is -2.39. The molecule has 1 atom stereocenters. The minimum absolute atomic E-state index is 0.105. The molecule has 1 aromatic carbocycles. The fraction of sp³-hybridized carbons (Fsp3) is 0.500. The minimum atomic E-state index is -4.18. The Hall–Kier alpha value is -2.00. The van der Waals surface area contributed by atoms with E-state index in [0.717, 1.165) is 0 Å². The maximum atomic E-state index is 12.3. The highest BCUT2D eigenvalue weighted by molar-refractivity contribution is 7.85. The van der Waals surface area contributed by atoms with Gasteiger partial charge in [0.05, 0.1) is 6.61 Å². The zero-order valence-corrected chi connectivity index (χ0v) is 13.8. The molecule has 0 aromatic heterocycles. The summed E-state index contributed by atoms with van der Waals surface area (Å²) in [5, 5.41) is 0. The summed E-state index contributed by atoms with van der Waals surface area (Å²) in [6.07, 6.45) is -0.974. The van der Waals surface area contributed by atoms with Crippen LogP contribution in [0.5, 0.6) is 11.5 Å². The molecule has 9 heteroatoms. The van der Waals surface area contributed by atoms with E-state index >= 15 is 0 Å². The molecule has 23 heavy (non-hydrogen) atoms. The first-order valence-corrected chi connectivity index (χ1v) is 8.35. The molecule has 1 saturated heterocycles. The zero-order valence-electron chi connectivity index (χ0n) is 12.9. The highest BCUT2D eigenvalue weighted by Crippen LogP contribution is 2.39. The highest BCUT2D eigenvalue weighted by atomic mass is 32.2. The van der Waals surface area contributed by atoms with Crippen molar-refractivity contribution in [2.45, 2.75) is 32.4 Å². The van der Waals surface area contributed by atoms with E-state index in [1.165, 1.54) is 0 Å². The molecule has 3 rings (SSSR count). The standard InChI is InChI=1S/C14H17NO7S/c1-14(2,3)22-13(16)15-10(7-21-23(15,17)18)9-4-5-11-12(6-9)20-8-19-11/h4-6,10H,7-8H2,1-3H3/t10-/m1/s1. The molecule has 0 unspecified atom stereocenters. The molecule has 1 fully saturated rings. The maximum Gasteiger partial charge on any atom is 0.426 e. The van der Waals surface area contributed by atoms with E-state index in [4.69, 9.17) is 18.4 Å². The molecule has 126 valence electrons. The van der Waals surface area contributed by atoms with Crippen molar-refractivity contribution in [3.8, 4) is 11.5 Å². The lowest BCUT2D eigenvalue weighted by Gasteiger charge is -2.26. The van der Waals surface area contributed by atoms with Gasteiger partial charge in [0.1, 0.15) is 11.6 Å². The molecule has 0 bridgehead atoms. The van der Waals surface area contributed by atoms with E-state index in [1.807, 2.05) is 0 Å². The average molecular weight is 343 g/mol. The molecule has 8 nitrogen and oxygen atoms in total. The zero-order chi connectivity index (χ0) is 16.8. The van der Waals surface area contributed by atoms with Crippen LogP contribution in [0.15, 0.2) is 18.2 Å². The van der Waals surface area contributed by atoms with Crippen molar-refractivity contribution < 1.29 is 31.6 Å². The van der Waals surface area contributed by atoms with Crippen LogP contribution in [0, 0.1) is 0 Å². The molecule has 2 heterocycles. The summed E-state index contributed by atoms with van der Waals surface area (Å²) in [7, 11) is -4.18. The first kappa shape index (κ1) is 15.9. The van der Waals surface area contributed by atoms with Crippen molar-refractivity contribution in [2.24, 2.45) is 0 Å². The number of hydrogen-bond acceptors (Lipinski definition) is 7. The van der Waals surface area contributed by atoms with Gasteiger partial charge in [-0.2, -0.15) is 12.7 Å². The van der Waals surface area contributed by atoms with Crippen LogP contribution in [-0.2, 0) is 19.2 Å². The van der Waals surface area contributed by atoms with Crippen LogP contribution >= 0.6 is 0 Å². The summed E-state index contributed by atoms with van der Waals surface area (Å²) in [5.74, 6) is 1.07. The molecule has 0 N–H and O–H groups in total. The summed E-state index contributed by atoms with van der Waals surface area (Å²) in [6, 6.07) is 4.15. The number of ether oxygens (including phenoxy) is 3. The van der Waals surface area contributed by atoms with Crippen molar-refractivity contribution in [3.63, 3.8) is 0 Å². The van der Waals surface area contributed by atoms with Gasteiger partial charge in [-0.05, 0) is 38.5 Å². The first-order valence-electron chi connectivity index (χ1n) is 6.99. The third-order valence-electron chi connectivity index (χ3n) is 3.25. The van der Waals surface area contributed by atoms with E-state index in [2.05, 4.69) is 0 Å². The van der Waals surface area contributed by atoms with E-state index < -0.39 is 28.0 Å². The van der Waals surface area contributed by atoms with Crippen LogP contribution in [-0.4, -0.2) is 37.8 Å². The third kappa shape index (κ3) is 3.06.